The van der Waals surface area contributed by atoms with Gasteiger partial charge in [0.05, 0.1) is 29.6 Å². The monoisotopic (exact) mass is 436 g/mol. The Morgan fingerprint density at radius 3 is 2.81 bits per heavy atom. The number of rotatable bonds is 7. The molecule has 1 N–H and O–H groups in total. The molecule has 8 heteroatoms. The lowest BCUT2D eigenvalue weighted by Crippen LogP contribution is -2.41. The van der Waals surface area contributed by atoms with Crippen LogP contribution in [0.25, 0.3) is 11.0 Å². The second-order valence-corrected chi connectivity index (χ2v) is 8.70. The van der Waals surface area contributed by atoms with Crippen molar-refractivity contribution >= 4 is 22.8 Å². The molecule has 0 aliphatic carbocycles. The molecule has 0 spiro atoms. The van der Waals surface area contributed by atoms with Crippen molar-refractivity contribution in [2.75, 3.05) is 19.6 Å². The van der Waals surface area contributed by atoms with Crippen LogP contribution < -0.4 is 5.32 Å². The molecule has 8 nitrogen and oxygen atoms in total. The summed E-state index contributed by atoms with van der Waals surface area (Å²) in [5.41, 5.74) is 4.62. The van der Waals surface area contributed by atoms with E-state index < -0.39 is 0 Å². The van der Waals surface area contributed by atoms with E-state index in [1.165, 1.54) is 0 Å². The number of fused-ring (bicyclic) bond motifs is 1. The Bertz CT molecular complexity index is 1120. The van der Waals surface area contributed by atoms with E-state index in [4.69, 9.17) is 0 Å². The van der Waals surface area contributed by atoms with Crippen molar-refractivity contribution in [3.8, 4) is 0 Å². The summed E-state index contributed by atoms with van der Waals surface area (Å²) in [6, 6.07) is 7.76. The predicted octanol–water partition coefficient (Wildman–Crippen LogP) is 2.93. The van der Waals surface area contributed by atoms with Crippen LogP contribution in [0.5, 0.6) is 0 Å². The molecule has 2 aromatic heterocycles. The zero-order valence-electron chi connectivity index (χ0n) is 19.2. The fraction of sp³-hybridized carbons (Fsp3) is 0.500. The molecule has 1 aromatic carbocycles. The van der Waals surface area contributed by atoms with Crippen molar-refractivity contribution in [1.82, 2.24) is 29.5 Å². The summed E-state index contributed by atoms with van der Waals surface area (Å²) in [5, 5.41) is 7.43. The van der Waals surface area contributed by atoms with E-state index in [0.29, 0.717) is 31.6 Å². The number of carbonyl (C=O) groups is 2. The van der Waals surface area contributed by atoms with E-state index in [2.05, 4.69) is 26.9 Å². The second kappa shape index (κ2) is 9.54. The average Bonchev–Trinajstić information content (AvgIpc) is 3.34. The Balaban J connectivity index is 1.30. The van der Waals surface area contributed by atoms with Gasteiger partial charge in [-0.25, -0.2) is 4.98 Å². The molecule has 1 aliphatic heterocycles. The smallest absolute Gasteiger partial charge is 0.253 e. The van der Waals surface area contributed by atoms with Crippen molar-refractivity contribution < 1.29 is 9.59 Å². The number of piperidine rings is 1. The summed E-state index contributed by atoms with van der Waals surface area (Å²) in [7, 11) is 0. The summed E-state index contributed by atoms with van der Waals surface area (Å²) in [5.74, 6) is 0.245. The Hall–Kier alpha value is -3.16. The minimum Gasteiger partial charge on any atom is -0.354 e. The molecule has 0 unspecified atom stereocenters. The van der Waals surface area contributed by atoms with Gasteiger partial charge < -0.3 is 14.8 Å². The molecule has 1 aliphatic rings. The maximum absolute atomic E-state index is 13.1. The van der Waals surface area contributed by atoms with Gasteiger partial charge in [0.2, 0.25) is 5.91 Å². The molecule has 3 aromatic rings. The Morgan fingerprint density at radius 2 is 2.06 bits per heavy atom. The minimum atomic E-state index is 0.0209. The first-order valence-electron chi connectivity index (χ1n) is 11.5. The van der Waals surface area contributed by atoms with Crippen LogP contribution in [0.2, 0.25) is 0 Å². The van der Waals surface area contributed by atoms with Crippen molar-refractivity contribution in [3.05, 3.63) is 47.5 Å². The number of aryl methyl sites for hydroxylation is 3. The van der Waals surface area contributed by atoms with Crippen LogP contribution >= 0.6 is 0 Å². The van der Waals surface area contributed by atoms with Gasteiger partial charge in [-0.15, -0.1) is 0 Å². The fourth-order valence-corrected chi connectivity index (χ4v) is 4.58. The third-order valence-electron chi connectivity index (χ3n) is 6.24. The highest BCUT2D eigenvalue weighted by Crippen LogP contribution is 2.23. The topological polar surface area (TPSA) is 85.0 Å². The van der Waals surface area contributed by atoms with Crippen LogP contribution in [0.1, 0.15) is 47.9 Å². The molecule has 1 atom stereocenters. The van der Waals surface area contributed by atoms with Gasteiger partial charge in [0.15, 0.2) is 0 Å². The normalized spacial score (nSPS) is 16.5. The maximum atomic E-state index is 13.1. The number of carbonyl (C=O) groups excluding carboxylic acids is 2. The van der Waals surface area contributed by atoms with Gasteiger partial charge in [0.1, 0.15) is 0 Å². The molecule has 32 heavy (non-hydrogen) atoms. The van der Waals surface area contributed by atoms with Gasteiger partial charge in [-0.05, 0) is 63.8 Å². The highest BCUT2D eigenvalue weighted by molar-refractivity contribution is 5.97. The summed E-state index contributed by atoms with van der Waals surface area (Å²) in [6.45, 7) is 9.47. The average molecular weight is 437 g/mol. The van der Waals surface area contributed by atoms with Gasteiger partial charge in [-0.1, -0.05) is 0 Å². The summed E-state index contributed by atoms with van der Waals surface area (Å²) >= 11 is 0. The number of nitrogens with zero attached hydrogens (tertiary/aromatic N) is 5. The van der Waals surface area contributed by atoms with E-state index in [1.807, 2.05) is 54.0 Å². The largest absolute Gasteiger partial charge is 0.354 e. The lowest BCUT2D eigenvalue weighted by Gasteiger charge is -2.32. The molecular formula is C24H32N6O2. The fourth-order valence-electron chi connectivity index (χ4n) is 4.58. The quantitative estimate of drug-likeness (QED) is 0.617. The molecule has 170 valence electrons. The Morgan fingerprint density at radius 1 is 1.22 bits per heavy atom. The van der Waals surface area contributed by atoms with E-state index in [9.17, 15) is 9.59 Å². The first-order valence-corrected chi connectivity index (χ1v) is 11.5. The highest BCUT2D eigenvalue weighted by atomic mass is 16.2. The number of amides is 2. The number of imidazole rings is 1. The van der Waals surface area contributed by atoms with E-state index >= 15 is 0 Å². The zero-order valence-corrected chi connectivity index (χ0v) is 19.2. The SMILES string of the molecule is CCn1cnc2cc(C(=O)N3CCC[C@@H](CC(=O)NCCn4nc(C)cc4C)C3)ccc21. The number of benzene rings is 1. The Kier molecular flexibility index (Phi) is 6.58. The van der Waals surface area contributed by atoms with Crippen LogP contribution in [-0.2, 0) is 17.9 Å². The standard InChI is InChI=1S/C24H32N6O2/c1-4-28-16-26-21-14-20(7-8-22(21)28)24(32)29-10-5-6-19(15-29)13-23(31)25-9-11-30-18(3)12-17(2)27-30/h7-8,12,14,16,19H,4-6,9-11,13,15H2,1-3H3,(H,25,31)/t19-/m0/s1. The molecular weight excluding hydrogens is 404 g/mol. The number of aromatic nitrogens is 4. The van der Waals surface area contributed by atoms with Crippen molar-refractivity contribution in [2.24, 2.45) is 5.92 Å². The lowest BCUT2D eigenvalue weighted by molar-refractivity contribution is -0.122. The summed E-state index contributed by atoms with van der Waals surface area (Å²) in [6.07, 6.45) is 4.14. The lowest BCUT2D eigenvalue weighted by atomic mass is 9.94. The first kappa shape index (κ1) is 22.0. The number of likely N-dealkylation sites (tertiary alicyclic amines) is 1. The molecule has 4 rings (SSSR count). The number of nitrogens with one attached hydrogen (secondary N) is 1. The molecule has 1 saturated heterocycles. The third-order valence-corrected chi connectivity index (χ3v) is 6.24. The summed E-state index contributed by atoms with van der Waals surface area (Å²) in [4.78, 5) is 31.9. The molecule has 2 amide bonds. The molecule has 1 fully saturated rings. The van der Waals surface area contributed by atoms with Gasteiger partial charge in [0.25, 0.3) is 5.91 Å². The maximum Gasteiger partial charge on any atom is 0.253 e. The first-order chi connectivity index (χ1) is 15.4. The minimum absolute atomic E-state index is 0.0209. The van der Waals surface area contributed by atoms with Crippen molar-refractivity contribution in [3.63, 3.8) is 0 Å². The molecule has 0 saturated carbocycles. The number of hydrogen-bond acceptors (Lipinski definition) is 4. The highest BCUT2D eigenvalue weighted by Gasteiger charge is 2.26. The van der Waals surface area contributed by atoms with Gasteiger partial charge in [-0.3, -0.25) is 14.3 Å². The van der Waals surface area contributed by atoms with Crippen LogP contribution in [0, 0.1) is 19.8 Å². The molecule has 3 heterocycles. The molecule has 0 bridgehead atoms. The van der Waals surface area contributed by atoms with E-state index in [-0.39, 0.29) is 17.7 Å². The molecule has 0 radical (unpaired) electrons. The van der Waals surface area contributed by atoms with Crippen molar-refractivity contribution in [1.29, 1.82) is 0 Å². The van der Waals surface area contributed by atoms with Crippen molar-refractivity contribution in [2.45, 2.75) is 53.1 Å². The van der Waals surface area contributed by atoms with Gasteiger partial charge in [-0.2, -0.15) is 5.10 Å². The van der Waals surface area contributed by atoms with E-state index in [0.717, 1.165) is 48.4 Å². The summed E-state index contributed by atoms with van der Waals surface area (Å²) < 4.78 is 3.98. The predicted molar refractivity (Wildman–Crippen MR) is 123 cm³/mol. The van der Waals surface area contributed by atoms with Crippen LogP contribution in [0.15, 0.2) is 30.6 Å². The van der Waals surface area contributed by atoms with Crippen LogP contribution in [0.4, 0.5) is 0 Å². The van der Waals surface area contributed by atoms with E-state index in [1.54, 1.807) is 0 Å². The second-order valence-electron chi connectivity index (χ2n) is 8.70. The zero-order chi connectivity index (χ0) is 22.7. The third kappa shape index (κ3) is 4.84. The van der Waals surface area contributed by atoms with Crippen LogP contribution in [0.3, 0.4) is 0 Å². The number of hydrogen-bond donors (Lipinski definition) is 1. The van der Waals surface area contributed by atoms with Crippen LogP contribution in [-0.4, -0.2) is 55.7 Å². The van der Waals surface area contributed by atoms with Gasteiger partial charge in [0, 0.05) is 43.9 Å². The Labute approximate surface area is 188 Å². The van der Waals surface area contributed by atoms with Gasteiger partial charge >= 0.3 is 0 Å².